The van der Waals surface area contributed by atoms with Gasteiger partial charge in [-0.3, -0.25) is 0 Å². The van der Waals surface area contributed by atoms with E-state index < -0.39 is 11.8 Å². The summed E-state index contributed by atoms with van der Waals surface area (Å²) >= 11 is 0. The maximum atomic E-state index is 11.7. The molecule has 0 amide bonds. The highest BCUT2D eigenvalue weighted by Gasteiger charge is 2.48. The lowest BCUT2D eigenvalue weighted by Crippen LogP contribution is -2.47. The Hall–Kier alpha value is -1.71. The first kappa shape index (κ1) is 12.7. The molecule has 0 fully saturated rings. The maximum Gasteiger partial charge on any atom is 0.341 e. The van der Waals surface area contributed by atoms with Gasteiger partial charge in [-0.2, -0.15) is 0 Å². The summed E-state index contributed by atoms with van der Waals surface area (Å²) in [6.45, 7) is 7.94. The molecule has 1 aromatic carbocycles. The Morgan fingerprint density at radius 1 is 1.28 bits per heavy atom. The molecule has 0 spiro atoms. The van der Waals surface area contributed by atoms with Gasteiger partial charge in [0.15, 0.2) is 11.5 Å². The lowest BCUT2D eigenvalue weighted by atomic mass is 9.87. The van der Waals surface area contributed by atoms with Crippen LogP contribution in [0.15, 0.2) is 18.2 Å². The Bertz CT molecular complexity index is 487. The Kier molecular flexibility index (Phi) is 2.76. The van der Waals surface area contributed by atoms with Crippen LogP contribution in [0.4, 0.5) is 0 Å². The van der Waals surface area contributed by atoms with Gasteiger partial charge in [0.25, 0.3) is 5.79 Å². The molecule has 2 rings (SSSR count). The minimum atomic E-state index is -0.792. The highest BCUT2D eigenvalue weighted by atomic mass is 16.7. The summed E-state index contributed by atoms with van der Waals surface area (Å²) in [6.07, 6.45) is 0. The second-order valence-corrected chi connectivity index (χ2v) is 5.52. The molecule has 0 aliphatic carbocycles. The summed E-state index contributed by atoms with van der Waals surface area (Å²) in [4.78, 5) is 11.7. The average Bonchev–Trinajstić information content (AvgIpc) is 2.64. The zero-order valence-corrected chi connectivity index (χ0v) is 11.4. The molecule has 4 heteroatoms. The molecule has 0 N–H and O–H groups in total. The topological polar surface area (TPSA) is 44.8 Å². The van der Waals surface area contributed by atoms with Gasteiger partial charge in [0, 0.05) is 12.3 Å². The first-order chi connectivity index (χ1) is 8.28. The second-order valence-electron chi connectivity index (χ2n) is 5.52. The zero-order valence-electron chi connectivity index (χ0n) is 11.4. The van der Waals surface area contributed by atoms with Crippen molar-refractivity contribution in [3.8, 4) is 11.5 Å². The Labute approximate surface area is 107 Å². The van der Waals surface area contributed by atoms with Crippen molar-refractivity contribution in [1.29, 1.82) is 0 Å². The van der Waals surface area contributed by atoms with E-state index in [0.717, 1.165) is 0 Å². The van der Waals surface area contributed by atoms with Gasteiger partial charge >= 0.3 is 5.97 Å². The fourth-order valence-corrected chi connectivity index (χ4v) is 1.70. The summed E-state index contributed by atoms with van der Waals surface area (Å²) in [6, 6.07) is 5.21. The first-order valence-electron chi connectivity index (χ1n) is 5.88. The van der Waals surface area contributed by atoms with Gasteiger partial charge in [0.05, 0.1) is 7.11 Å². The third kappa shape index (κ3) is 1.82. The lowest BCUT2D eigenvalue weighted by molar-refractivity contribution is -0.142. The van der Waals surface area contributed by atoms with E-state index in [1.54, 1.807) is 18.2 Å². The highest BCUT2D eigenvalue weighted by Crippen LogP contribution is 2.48. The van der Waals surface area contributed by atoms with Gasteiger partial charge in [0.1, 0.15) is 5.56 Å². The molecule has 18 heavy (non-hydrogen) atoms. The monoisotopic (exact) mass is 250 g/mol. The molecular formula is C14H18O4. The molecule has 1 aliphatic heterocycles. The number of hydrogen-bond donors (Lipinski definition) is 0. The Morgan fingerprint density at radius 2 is 1.94 bits per heavy atom. The van der Waals surface area contributed by atoms with Crippen LogP contribution in [0.5, 0.6) is 11.5 Å². The molecule has 1 aromatic rings. The first-order valence-corrected chi connectivity index (χ1v) is 5.88. The second kappa shape index (κ2) is 3.90. The van der Waals surface area contributed by atoms with E-state index in [4.69, 9.17) is 14.2 Å². The number of esters is 1. The van der Waals surface area contributed by atoms with Crippen molar-refractivity contribution in [2.75, 3.05) is 7.11 Å². The summed E-state index contributed by atoms with van der Waals surface area (Å²) in [5.41, 5.74) is 0.169. The number of carbonyl (C=O) groups is 1. The largest absolute Gasteiger partial charge is 0.465 e. The van der Waals surface area contributed by atoms with Crippen LogP contribution in [-0.2, 0) is 4.74 Å². The smallest absolute Gasteiger partial charge is 0.341 e. The highest BCUT2D eigenvalue weighted by molar-refractivity contribution is 5.93. The molecule has 0 bridgehead atoms. The van der Waals surface area contributed by atoms with E-state index in [1.165, 1.54) is 7.11 Å². The minimum absolute atomic E-state index is 0.223. The zero-order chi connectivity index (χ0) is 13.6. The van der Waals surface area contributed by atoms with E-state index in [9.17, 15) is 4.79 Å². The number of fused-ring (bicyclic) bond motifs is 1. The van der Waals surface area contributed by atoms with Crippen molar-refractivity contribution >= 4 is 5.97 Å². The fourth-order valence-electron chi connectivity index (χ4n) is 1.70. The minimum Gasteiger partial charge on any atom is -0.465 e. The van der Waals surface area contributed by atoms with E-state index in [2.05, 4.69) is 0 Å². The molecule has 1 aliphatic rings. The van der Waals surface area contributed by atoms with Crippen molar-refractivity contribution in [1.82, 2.24) is 0 Å². The Morgan fingerprint density at radius 3 is 2.50 bits per heavy atom. The van der Waals surface area contributed by atoms with E-state index in [-0.39, 0.29) is 5.41 Å². The molecule has 1 atom stereocenters. The molecule has 0 saturated heterocycles. The van der Waals surface area contributed by atoms with Crippen LogP contribution < -0.4 is 9.47 Å². The standard InChI is InChI=1S/C14H18O4/c1-13(2,3)14(4)17-10-8-6-7-9(11(10)18-14)12(15)16-5/h6-8H,1-5H3/t14-/m1/s1. The summed E-state index contributed by atoms with van der Waals surface area (Å²) < 4.78 is 16.5. The predicted molar refractivity (Wildman–Crippen MR) is 66.9 cm³/mol. The molecule has 0 unspecified atom stereocenters. The fraction of sp³-hybridized carbons (Fsp3) is 0.500. The Balaban J connectivity index is 2.44. The van der Waals surface area contributed by atoms with Crippen molar-refractivity contribution in [2.24, 2.45) is 5.41 Å². The average molecular weight is 250 g/mol. The van der Waals surface area contributed by atoms with Crippen LogP contribution in [0.25, 0.3) is 0 Å². The lowest BCUT2D eigenvalue weighted by Gasteiger charge is -2.35. The molecule has 4 nitrogen and oxygen atoms in total. The summed E-state index contributed by atoms with van der Waals surface area (Å²) in [5, 5.41) is 0. The maximum absolute atomic E-state index is 11.7. The number of hydrogen-bond acceptors (Lipinski definition) is 4. The quantitative estimate of drug-likeness (QED) is 0.719. The van der Waals surface area contributed by atoms with Crippen LogP contribution in [0.3, 0.4) is 0 Å². The number of para-hydroxylation sites is 1. The van der Waals surface area contributed by atoms with Crippen LogP contribution >= 0.6 is 0 Å². The van der Waals surface area contributed by atoms with Gasteiger partial charge < -0.3 is 14.2 Å². The van der Waals surface area contributed by atoms with E-state index in [1.807, 2.05) is 27.7 Å². The molecule has 0 aromatic heterocycles. The van der Waals surface area contributed by atoms with Crippen molar-refractivity contribution < 1.29 is 19.0 Å². The number of methoxy groups -OCH3 is 1. The van der Waals surface area contributed by atoms with Gasteiger partial charge in [-0.05, 0) is 12.1 Å². The van der Waals surface area contributed by atoms with Crippen molar-refractivity contribution in [2.45, 2.75) is 33.5 Å². The normalized spacial score (nSPS) is 21.8. The number of benzene rings is 1. The molecule has 98 valence electrons. The van der Waals surface area contributed by atoms with Crippen LogP contribution in [-0.4, -0.2) is 18.9 Å². The number of rotatable bonds is 1. The number of ether oxygens (including phenoxy) is 3. The van der Waals surface area contributed by atoms with Gasteiger partial charge in [0.2, 0.25) is 0 Å². The van der Waals surface area contributed by atoms with Crippen LogP contribution in [0.2, 0.25) is 0 Å². The predicted octanol–water partition coefficient (Wildman–Crippen LogP) is 3.01. The van der Waals surface area contributed by atoms with Crippen LogP contribution in [0.1, 0.15) is 38.1 Å². The van der Waals surface area contributed by atoms with E-state index >= 15 is 0 Å². The number of carbonyl (C=O) groups excluding carboxylic acids is 1. The SMILES string of the molecule is COC(=O)c1cccc2c1O[C@](C)(C(C)(C)C)O2. The van der Waals surface area contributed by atoms with Gasteiger partial charge in [-0.25, -0.2) is 4.79 Å². The summed E-state index contributed by atoms with van der Waals surface area (Å²) in [5.74, 6) is -0.176. The molecule has 0 radical (unpaired) electrons. The van der Waals surface area contributed by atoms with Crippen molar-refractivity contribution in [3.05, 3.63) is 23.8 Å². The van der Waals surface area contributed by atoms with Crippen LogP contribution in [0, 0.1) is 5.41 Å². The third-order valence-corrected chi connectivity index (χ3v) is 3.35. The molecule has 0 saturated carbocycles. The summed E-state index contributed by atoms with van der Waals surface area (Å²) in [7, 11) is 1.35. The molecular weight excluding hydrogens is 232 g/mol. The van der Waals surface area contributed by atoms with E-state index in [0.29, 0.717) is 17.1 Å². The molecule has 1 heterocycles. The third-order valence-electron chi connectivity index (χ3n) is 3.35. The van der Waals surface area contributed by atoms with Crippen molar-refractivity contribution in [3.63, 3.8) is 0 Å². The van der Waals surface area contributed by atoms with Gasteiger partial charge in [-0.15, -0.1) is 0 Å². The van der Waals surface area contributed by atoms with Gasteiger partial charge in [-0.1, -0.05) is 26.8 Å².